The molecule has 0 heterocycles. The molecule has 0 saturated heterocycles. The smallest absolute Gasteiger partial charge is 0.00987 e. The summed E-state index contributed by atoms with van der Waals surface area (Å²) in [5, 5.41) is 5.12. The van der Waals surface area contributed by atoms with E-state index in [1.807, 2.05) is 0 Å². The van der Waals surface area contributed by atoms with Gasteiger partial charge in [0.05, 0.1) is 0 Å². The van der Waals surface area contributed by atoms with Crippen LogP contribution in [0.3, 0.4) is 0 Å². The first-order valence-corrected chi connectivity index (χ1v) is 13.0. The Hall–Kier alpha value is -3.90. The molecule has 0 fully saturated rings. The number of hydrogen-bond donors (Lipinski definition) is 0. The van der Waals surface area contributed by atoms with E-state index in [-0.39, 0.29) is 0 Å². The number of fused-ring (bicyclic) bond motifs is 2. The van der Waals surface area contributed by atoms with Crippen molar-refractivity contribution in [1.29, 1.82) is 0 Å². The highest BCUT2D eigenvalue weighted by molar-refractivity contribution is 6.14. The predicted molar refractivity (Wildman–Crippen MR) is 160 cm³/mol. The van der Waals surface area contributed by atoms with Crippen LogP contribution in [0.5, 0.6) is 0 Å². The molecule has 5 aromatic carbocycles. The van der Waals surface area contributed by atoms with E-state index in [0.29, 0.717) is 11.8 Å². The molecule has 0 aliphatic heterocycles. The molecule has 0 saturated carbocycles. The van der Waals surface area contributed by atoms with E-state index >= 15 is 0 Å². The van der Waals surface area contributed by atoms with Gasteiger partial charge in [0.2, 0.25) is 0 Å². The van der Waals surface area contributed by atoms with E-state index in [0.717, 1.165) is 0 Å². The first-order valence-electron chi connectivity index (χ1n) is 13.0. The van der Waals surface area contributed by atoms with Gasteiger partial charge in [0.15, 0.2) is 0 Å². The van der Waals surface area contributed by atoms with Crippen LogP contribution in [0.25, 0.3) is 45.8 Å². The van der Waals surface area contributed by atoms with Gasteiger partial charge in [-0.3, -0.25) is 0 Å². The van der Waals surface area contributed by atoms with E-state index in [4.69, 9.17) is 0 Å². The van der Waals surface area contributed by atoms with Crippen LogP contribution in [0, 0.1) is 0 Å². The lowest BCUT2D eigenvalue weighted by Gasteiger charge is -2.13. The standard InChI is InChI=1S/C36H34/c1-25(2)29-19-13-27(14-20-29)17-23-35-31-9-5-7-11-33(31)36(34-12-8-6-10-32(34)35)24-18-28-15-21-30(22-16-28)26(3)4/h5-26H,1-4H3/b23-17+,24-18+. The van der Waals surface area contributed by atoms with Gasteiger partial charge in [-0.25, -0.2) is 0 Å². The minimum absolute atomic E-state index is 0.546. The topological polar surface area (TPSA) is 0 Å². The fourth-order valence-electron chi connectivity index (χ4n) is 4.90. The third kappa shape index (κ3) is 4.90. The van der Waals surface area contributed by atoms with Crippen LogP contribution in [0.4, 0.5) is 0 Å². The monoisotopic (exact) mass is 466 g/mol. The number of rotatable bonds is 6. The van der Waals surface area contributed by atoms with Gasteiger partial charge < -0.3 is 0 Å². The van der Waals surface area contributed by atoms with Gasteiger partial charge in [-0.2, -0.15) is 0 Å². The van der Waals surface area contributed by atoms with Crippen molar-refractivity contribution in [2.45, 2.75) is 39.5 Å². The Kier molecular flexibility index (Phi) is 6.87. The summed E-state index contributed by atoms with van der Waals surface area (Å²) in [6.45, 7) is 8.94. The molecular formula is C36H34. The van der Waals surface area contributed by atoms with Crippen LogP contribution in [-0.4, -0.2) is 0 Å². The lowest BCUT2D eigenvalue weighted by Crippen LogP contribution is -1.89. The molecule has 5 aromatic rings. The van der Waals surface area contributed by atoms with Crippen molar-refractivity contribution < 1.29 is 0 Å². The van der Waals surface area contributed by atoms with E-state index in [2.05, 4.69) is 149 Å². The van der Waals surface area contributed by atoms with Crippen molar-refractivity contribution >= 4 is 45.8 Å². The van der Waals surface area contributed by atoms with Gasteiger partial charge >= 0.3 is 0 Å². The summed E-state index contributed by atoms with van der Waals surface area (Å²) < 4.78 is 0. The van der Waals surface area contributed by atoms with Crippen molar-refractivity contribution in [1.82, 2.24) is 0 Å². The first-order chi connectivity index (χ1) is 17.5. The molecule has 0 radical (unpaired) electrons. The fourth-order valence-corrected chi connectivity index (χ4v) is 4.90. The second-order valence-electron chi connectivity index (χ2n) is 10.2. The van der Waals surface area contributed by atoms with Gasteiger partial charge in [-0.1, -0.05) is 149 Å². The molecule has 0 atom stereocenters. The SMILES string of the molecule is CC(C)c1ccc(/C=C/c2c3ccccc3c(/C=C/c3ccc(C(C)C)cc3)c3ccccc23)cc1. The summed E-state index contributed by atoms with van der Waals surface area (Å²) in [6, 6.07) is 35.4. The second kappa shape index (κ2) is 10.4. The summed E-state index contributed by atoms with van der Waals surface area (Å²) in [5.74, 6) is 1.09. The van der Waals surface area contributed by atoms with Crippen LogP contribution in [0.2, 0.25) is 0 Å². The second-order valence-corrected chi connectivity index (χ2v) is 10.2. The number of hydrogen-bond acceptors (Lipinski definition) is 0. The summed E-state index contributed by atoms with van der Waals surface area (Å²) >= 11 is 0. The number of benzene rings is 5. The van der Waals surface area contributed by atoms with Gasteiger partial charge in [0, 0.05) is 0 Å². The third-order valence-electron chi connectivity index (χ3n) is 7.11. The molecule has 0 aromatic heterocycles. The molecule has 0 bridgehead atoms. The van der Waals surface area contributed by atoms with Gasteiger partial charge in [0.25, 0.3) is 0 Å². The summed E-state index contributed by atoms with van der Waals surface area (Å²) in [7, 11) is 0. The molecule has 5 rings (SSSR count). The quantitative estimate of drug-likeness (QED) is 0.172. The van der Waals surface area contributed by atoms with Crippen LogP contribution in [0.15, 0.2) is 97.1 Å². The molecule has 0 aliphatic carbocycles. The lowest BCUT2D eigenvalue weighted by atomic mass is 9.90. The van der Waals surface area contributed by atoms with E-state index in [1.165, 1.54) is 54.9 Å². The summed E-state index contributed by atoms with van der Waals surface area (Å²) in [6.07, 6.45) is 9.05. The summed E-state index contributed by atoms with van der Waals surface area (Å²) in [5.41, 5.74) is 7.74. The zero-order chi connectivity index (χ0) is 25.1. The van der Waals surface area contributed by atoms with E-state index in [9.17, 15) is 0 Å². The Morgan fingerprint density at radius 2 is 0.694 bits per heavy atom. The highest BCUT2D eigenvalue weighted by atomic mass is 14.1. The van der Waals surface area contributed by atoms with Crippen molar-refractivity contribution in [3.8, 4) is 0 Å². The molecule has 0 spiro atoms. The van der Waals surface area contributed by atoms with Crippen molar-refractivity contribution in [2.75, 3.05) is 0 Å². The third-order valence-corrected chi connectivity index (χ3v) is 7.11. The Morgan fingerprint density at radius 3 is 0.972 bits per heavy atom. The van der Waals surface area contributed by atoms with E-state index in [1.54, 1.807) is 0 Å². The van der Waals surface area contributed by atoms with E-state index < -0.39 is 0 Å². The predicted octanol–water partition coefficient (Wildman–Crippen LogP) is 10.6. The van der Waals surface area contributed by atoms with Crippen molar-refractivity contribution in [2.24, 2.45) is 0 Å². The Labute approximate surface area is 215 Å². The maximum absolute atomic E-state index is 2.28. The normalized spacial score (nSPS) is 12.2. The van der Waals surface area contributed by atoms with Crippen molar-refractivity contribution in [3.63, 3.8) is 0 Å². The summed E-state index contributed by atoms with van der Waals surface area (Å²) in [4.78, 5) is 0. The maximum atomic E-state index is 2.28. The Balaban J connectivity index is 1.61. The highest BCUT2D eigenvalue weighted by Crippen LogP contribution is 2.35. The van der Waals surface area contributed by atoms with Gasteiger partial charge in [-0.05, 0) is 66.8 Å². The Morgan fingerprint density at radius 1 is 0.389 bits per heavy atom. The van der Waals surface area contributed by atoms with Crippen LogP contribution >= 0.6 is 0 Å². The van der Waals surface area contributed by atoms with Crippen LogP contribution in [0.1, 0.15) is 72.9 Å². The zero-order valence-corrected chi connectivity index (χ0v) is 21.7. The molecule has 0 amide bonds. The highest BCUT2D eigenvalue weighted by Gasteiger charge is 2.10. The lowest BCUT2D eigenvalue weighted by molar-refractivity contribution is 0.866. The first kappa shape index (κ1) is 23.8. The average molecular weight is 467 g/mol. The Bertz CT molecular complexity index is 1370. The van der Waals surface area contributed by atoms with Gasteiger partial charge in [0.1, 0.15) is 0 Å². The van der Waals surface area contributed by atoms with Crippen molar-refractivity contribution in [3.05, 3.63) is 130 Å². The van der Waals surface area contributed by atoms with Crippen LogP contribution in [-0.2, 0) is 0 Å². The molecule has 0 unspecified atom stereocenters. The molecule has 0 heteroatoms. The molecule has 0 aliphatic rings. The molecule has 36 heavy (non-hydrogen) atoms. The molecular weight excluding hydrogens is 432 g/mol. The minimum atomic E-state index is 0.546. The van der Waals surface area contributed by atoms with Gasteiger partial charge in [-0.15, -0.1) is 0 Å². The van der Waals surface area contributed by atoms with Crippen LogP contribution < -0.4 is 0 Å². The minimum Gasteiger partial charge on any atom is -0.0616 e. The largest absolute Gasteiger partial charge is 0.0616 e. The maximum Gasteiger partial charge on any atom is -0.00987 e. The molecule has 0 nitrogen and oxygen atoms in total. The molecule has 178 valence electrons. The molecule has 0 N–H and O–H groups in total. The zero-order valence-electron chi connectivity index (χ0n) is 21.7. The average Bonchev–Trinajstić information content (AvgIpc) is 2.91. The fraction of sp³-hybridized carbons (Fsp3) is 0.167.